The van der Waals surface area contributed by atoms with Gasteiger partial charge in [-0.05, 0) is 55.3 Å². The molecule has 0 aromatic heterocycles. The van der Waals surface area contributed by atoms with Gasteiger partial charge in [-0.25, -0.2) is 17.5 Å². The third kappa shape index (κ3) is 5.91. The Morgan fingerprint density at radius 3 is 2.50 bits per heavy atom. The van der Waals surface area contributed by atoms with Crippen LogP contribution in [0.2, 0.25) is 5.02 Å². The van der Waals surface area contributed by atoms with E-state index in [4.69, 9.17) is 16.3 Å². The van der Waals surface area contributed by atoms with Gasteiger partial charge in [0.25, 0.3) is 0 Å². The largest absolute Gasteiger partial charge is 0.495 e. The Balaban J connectivity index is 1.50. The number of sulfonamides is 1. The average Bonchev–Trinajstić information content (AvgIpc) is 2.70. The lowest BCUT2D eigenvalue weighted by atomic mass is 10.1. The number of rotatable bonds is 7. The number of ether oxygens (including phenoxy) is 1. The van der Waals surface area contributed by atoms with Crippen LogP contribution in [0, 0.1) is 5.82 Å². The van der Waals surface area contributed by atoms with Gasteiger partial charge < -0.3 is 10.1 Å². The van der Waals surface area contributed by atoms with Crippen molar-refractivity contribution in [3.05, 3.63) is 53.3 Å². The zero-order valence-electron chi connectivity index (χ0n) is 16.4. The van der Waals surface area contributed by atoms with Gasteiger partial charge in [0.15, 0.2) is 0 Å². The minimum Gasteiger partial charge on any atom is -0.495 e. The average molecular weight is 456 g/mol. The lowest BCUT2D eigenvalue weighted by molar-refractivity contribution is -0.117. The van der Waals surface area contributed by atoms with Crippen molar-refractivity contribution < 1.29 is 22.3 Å². The lowest BCUT2D eigenvalue weighted by Gasteiger charge is -2.31. The molecule has 1 aliphatic heterocycles. The molecule has 0 saturated carbocycles. The Labute approximate surface area is 180 Å². The van der Waals surface area contributed by atoms with Crippen LogP contribution in [0.1, 0.15) is 12.8 Å². The summed E-state index contributed by atoms with van der Waals surface area (Å²) in [4.78, 5) is 14.4. The maximum absolute atomic E-state index is 13.0. The van der Waals surface area contributed by atoms with E-state index in [0.29, 0.717) is 42.4 Å². The van der Waals surface area contributed by atoms with Crippen molar-refractivity contribution in [3.8, 4) is 5.75 Å². The van der Waals surface area contributed by atoms with Gasteiger partial charge in [-0.3, -0.25) is 9.69 Å². The molecule has 0 unspecified atom stereocenters. The number of nitrogens with zero attached hydrogens (tertiary/aromatic N) is 1. The highest BCUT2D eigenvalue weighted by atomic mass is 35.5. The number of nitrogens with one attached hydrogen (secondary N) is 2. The summed E-state index contributed by atoms with van der Waals surface area (Å²) < 4.78 is 45.7. The van der Waals surface area contributed by atoms with E-state index in [1.807, 2.05) is 4.90 Å². The molecule has 7 nitrogen and oxygen atoms in total. The number of anilines is 1. The van der Waals surface area contributed by atoms with Crippen LogP contribution >= 0.6 is 11.6 Å². The van der Waals surface area contributed by atoms with Crippen molar-refractivity contribution in [3.63, 3.8) is 0 Å². The molecule has 30 heavy (non-hydrogen) atoms. The minimum atomic E-state index is -3.71. The van der Waals surface area contributed by atoms with Crippen molar-refractivity contribution >= 4 is 33.2 Å². The monoisotopic (exact) mass is 455 g/mol. The van der Waals surface area contributed by atoms with Crippen molar-refractivity contribution in [2.45, 2.75) is 23.8 Å². The molecule has 2 N–H and O–H groups in total. The number of benzene rings is 2. The van der Waals surface area contributed by atoms with Crippen LogP contribution in [0.15, 0.2) is 47.4 Å². The zero-order chi connectivity index (χ0) is 21.7. The van der Waals surface area contributed by atoms with E-state index in [9.17, 15) is 17.6 Å². The van der Waals surface area contributed by atoms with E-state index in [1.54, 1.807) is 18.2 Å². The molecule has 3 rings (SSSR count). The molecule has 10 heteroatoms. The molecule has 1 aliphatic rings. The van der Waals surface area contributed by atoms with Crippen molar-refractivity contribution in [2.75, 3.05) is 32.1 Å². The number of likely N-dealkylation sites (tertiary alicyclic amines) is 1. The quantitative estimate of drug-likeness (QED) is 0.670. The van der Waals surface area contributed by atoms with Gasteiger partial charge in [0.2, 0.25) is 15.9 Å². The van der Waals surface area contributed by atoms with Gasteiger partial charge in [0.05, 0.1) is 24.2 Å². The summed E-state index contributed by atoms with van der Waals surface area (Å²) in [6.45, 7) is 1.31. The van der Waals surface area contributed by atoms with Crippen molar-refractivity contribution in [1.82, 2.24) is 9.62 Å². The number of amides is 1. The fourth-order valence-corrected chi connectivity index (χ4v) is 4.76. The first-order valence-electron chi connectivity index (χ1n) is 9.40. The molecular weight excluding hydrogens is 433 g/mol. The Kier molecular flexibility index (Phi) is 7.30. The highest BCUT2D eigenvalue weighted by Crippen LogP contribution is 2.27. The third-order valence-electron chi connectivity index (χ3n) is 4.84. The van der Waals surface area contributed by atoms with E-state index in [1.165, 1.54) is 19.2 Å². The molecule has 1 amide bonds. The Bertz CT molecular complexity index is 994. The van der Waals surface area contributed by atoms with Crippen LogP contribution in [0.3, 0.4) is 0 Å². The fourth-order valence-electron chi connectivity index (χ4n) is 3.28. The normalized spacial score (nSPS) is 15.7. The standard InChI is InChI=1S/C20H23ClFN3O4S/c1-29-19-7-2-14(21)12-18(19)23-20(26)13-25-10-8-16(9-11-25)24-30(27,28)17-5-3-15(22)4-6-17/h2-7,12,16,24H,8-11,13H2,1H3,(H,23,26). The molecule has 1 saturated heterocycles. The maximum atomic E-state index is 13.0. The van der Waals surface area contributed by atoms with Gasteiger partial charge in [-0.2, -0.15) is 0 Å². The van der Waals surface area contributed by atoms with Gasteiger partial charge in [0.1, 0.15) is 11.6 Å². The smallest absolute Gasteiger partial charge is 0.240 e. The second-order valence-electron chi connectivity index (χ2n) is 7.02. The van der Waals surface area contributed by atoms with Crippen LogP contribution in [-0.2, 0) is 14.8 Å². The van der Waals surface area contributed by atoms with E-state index in [2.05, 4.69) is 10.0 Å². The van der Waals surface area contributed by atoms with E-state index >= 15 is 0 Å². The van der Waals surface area contributed by atoms with Crippen molar-refractivity contribution in [2.24, 2.45) is 0 Å². The van der Waals surface area contributed by atoms with Crippen LogP contribution in [0.4, 0.5) is 10.1 Å². The van der Waals surface area contributed by atoms with E-state index < -0.39 is 15.8 Å². The topological polar surface area (TPSA) is 87.7 Å². The SMILES string of the molecule is COc1ccc(Cl)cc1NC(=O)CN1CCC(NS(=O)(=O)c2ccc(F)cc2)CC1. The summed E-state index contributed by atoms with van der Waals surface area (Å²) in [5.41, 5.74) is 0.497. The van der Waals surface area contributed by atoms with Gasteiger partial charge in [-0.1, -0.05) is 11.6 Å². The van der Waals surface area contributed by atoms with Crippen LogP contribution in [-0.4, -0.2) is 52.0 Å². The second kappa shape index (κ2) is 9.74. The predicted octanol–water partition coefficient (Wildman–Crippen LogP) is 2.87. The Hall–Kier alpha value is -2.20. The first-order valence-corrected chi connectivity index (χ1v) is 11.3. The molecule has 0 atom stereocenters. The van der Waals surface area contributed by atoms with Gasteiger partial charge in [0, 0.05) is 24.2 Å². The second-order valence-corrected chi connectivity index (χ2v) is 9.17. The molecule has 0 spiro atoms. The number of piperidine rings is 1. The molecule has 1 fully saturated rings. The molecule has 0 bridgehead atoms. The molecule has 0 radical (unpaired) electrons. The Morgan fingerprint density at radius 2 is 1.87 bits per heavy atom. The van der Waals surface area contributed by atoms with Crippen LogP contribution < -0.4 is 14.8 Å². The predicted molar refractivity (Wildman–Crippen MR) is 113 cm³/mol. The summed E-state index contributed by atoms with van der Waals surface area (Å²) in [6, 6.07) is 9.43. The summed E-state index contributed by atoms with van der Waals surface area (Å²) in [7, 11) is -2.20. The number of carbonyl (C=O) groups is 1. The maximum Gasteiger partial charge on any atom is 0.240 e. The number of methoxy groups -OCH3 is 1. The van der Waals surface area contributed by atoms with Gasteiger partial charge in [-0.15, -0.1) is 0 Å². The third-order valence-corrected chi connectivity index (χ3v) is 6.61. The molecule has 162 valence electrons. The minimum absolute atomic E-state index is 0.0289. The highest BCUT2D eigenvalue weighted by molar-refractivity contribution is 7.89. The van der Waals surface area contributed by atoms with Gasteiger partial charge >= 0.3 is 0 Å². The summed E-state index contributed by atoms with van der Waals surface area (Å²) in [6.07, 6.45) is 1.13. The summed E-state index contributed by atoms with van der Waals surface area (Å²) in [5, 5.41) is 3.28. The number of carbonyl (C=O) groups excluding carboxylic acids is 1. The van der Waals surface area contributed by atoms with Crippen LogP contribution in [0.5, 0.6) is 5.75 Å². The van der Waals surface area contributed by atoms with E-state index in [-0.39, 0.29) is 23.4 Å². The van der Waals surface area contributed by atoms with Crippen LogP contribution in [0.25, 0.3) is 0 Å². The first kappa shape index (κ1) is 22.5. The first-order chi connectivity index (χ1) is 14.3. The fraction of sp³-hybridized carbons (Fsp3) is 0.350. The molecule has 2 aromatic carbocycles. The molecule has 0 aliphatic carbocycles. The van der Waals surface area contributed by atoms with E-state index in [0.717, 1.165) is 12.1 Å². The summed E-state index contributed by atoms with van der Waals surface area (Å²) in [5.74, 6) is -0.182. The molecular formula is C20H23ClFN3O4S. The summed E-state index contributed by atoms with van der Waals surface area (Å²) >= 11 is 5.98. The zero-order valence-corrected chi connectivity index (χ0v) is 18.0. The molecule has 1 heterocycles. The lowest BCUT2D eigenvalue weighted by Crippen LogP contribution is -2.46. The molecule has 2 aromatic rings. The number of hydrogen-bond acceptors (Lipinski definition) is 5. The van der Waals surface area contributed by atoms with Crippen molar-refractivity contribution in [1.29, 1.82) is 0 Å². The Morgan fingerprint density at radius 1 is 1.20 bits per heavy atom. The number of hydrogen-bond donors (Lipinski definition) is 2. The number of halogens is 2. The highest BCUT2D eigenvalue weighted by Gasteiger charge is 2.25.